The summed E-state index contributed by atoms with van der Waals surface area (Å²) in [4.78, 5) is 5.66. The van der Waals surface area contributed by atoms with Crippen molar-refractivity contribution in [2.24, 2.45) is 5.92 Å². The summed E-state index contributed by atoms with van der Waals surface area (Å²) in [5, 5.41) is 1.73. The summed E-state index contributed by atoms with van der Waals surface area (Å²) in [6.45, 7) is 4.38. The van der Waals surface area contributed by atoms with E-state index in [9.17, 15) is 13.2 Å². The highest BCUT2D eigenvalue weighted by Crippen LogP contribution is 2.55. The van der Waals surface area contributed by atoms with Gasteiger partial charge >= 0.3 is 6.18 Å². The van der Waals surface area contributed by atoms with Gasteiger partial charge in [-0.05, 0) is 29.8 Å². The summed E-state index contributed by atoms with van der Waals surface area (Å²) in [5.41, 5.74) is 1.13. The number of halogens is 3. The molecular weight excluding hydrogens is 343 g/mol. The third-order valence-corrected chi connectivity index (χ3v) is 5.67. The maximum Gasteiger partial charge on any atom is 0.416 e. The molecule has 2 atom stereocenters. The van der Waals surface area contributed by atoms with E-state index in [4.69, 9.17) is 9.57 Å². The fraction of sp³-hybridized carbons (Fsp3) is 0.400. The summed E-state index contributed by atoms with van der Waals surface area (Å²) >= 11 is 0. The number of nitrogens with zero attached hydrogens (tertiary/aromatic N) is 1. The lowest BCUT2D eigenvalue weighted by atomic mass is 9.65. The molecule has 3 nitrogen and oxygen atoms in total. The lowest BCUT2D eigenvalue weighted by Crippen LogP contribution is -2.51. The Labute approximate surface area is 150 Å². The van der Waals surface area contributed by atoms with Crippen LogP contribution >= 0.6 is 0 Å². The highest BCUT2D eigenvalue weighted by Gasteiger charge is 2.51. The van der Waals surface area contributed by atoms with E-state index >= 15 is 0 Å². The molecule has 26 heavy (non-hydrogen) atoms. The monoisotopic (exact) mass is 363 g/mol. The molecule has 2 aliphatic heterocycles. The van der Waals surface area contributed by atoms with Crippen LogP contribution in [0.5, 0.6) is 5.75 Å². The molecule has 138 valence electrons. The van der Waals surface area contributed by atoms with Gasteiger partial charge in [0.25, 0.3) is 0 Å². The van der Waals surface area contributed by atoms with Crippen molar-refractivity contribution in [2.45, 2.75) is 31.5 Å². The van der Waals surface area contributed by atoms with Crippen LogP contribution in [0.2, 0.25) is 0 Å². The molecule has 6 heteroatoms. The van der Waals surface area contributed by atoms with Crippen molar-refractivity contribution in [3.8, 4) is 5.75 Å². The first kappa shape index (κ1) is 17.2. The van der Waals surface area contributed by atoms with Crippen molar-refractivity contribution < 1.29 is 22.7 Å². The average molecular weight is 363 g/mol. The second-order valence-corrected chi connectivity index (χ2v) is 7.36. The Kier molecular flexibility index (Phi) is 3.74. The lowest BCUT2D eigenvalue weighted by molar-refractivity contribution is -0.137. The minimum absolute atomic E-state index is 0.0478. The first-order valence-electron chi connectivity index (χ1n) is 8.52. The maximum absolute atomic E-state index is 13.2. The van der Waals surface area contributed by atoms with E-state index in [2.05, 4.69) is 0 Å². The van der Waals surface area contributed by atoms with Gasteiger partial charge in [-0.1, -0.05) is 32.0 Å². The molecule has 2 heterocycles. The van der Waals surface area contributed by atoms with Crippen LogP contribution in [0.1, 0.15) is 36.6 Å². The van der Waals surface area contributed by atoms with Gasteiger partial charge in [-0.15, -0.1) is 0 Å². The fourth-order valence-electron chi connectivity index (χ4n) is 4.22. The Morgan fingerprint density at radius 1 is 1.15 bits per heavy atom. The van der Waals surface area contributed by atoms with Gasteiger partial charge < -0.3 is 4.74 Å². The Bertz CT molecular complexity index is 847. The maximum atomic E-state index is 13.2. The van der Waals surface area contributed by atoms with E-state index in [1.807, 2.05) is 38.1 Å². The first-order chi connectivity index (χ1) is 12.2. The molecule has 0 amide bonds. The zero-order chi connectivity index (χ0) is 18.7. The number of fused-ring (bicyclic) bond motifs is 4. The van der Waals surface area contributed by atoms with Crippen molar-refractivity contribution >= 4 is 5.69 Å². The van der Waals surface area contributed by atoms with Crippen LogP contribution in [0.15, 0.2) is 42.5 Å². The molecule has 0 aliphatic carbocycles. The fourth-order valence-corrected chi connectivity index (χ4v) is 4.22. The number of alkyl halides is 3. The van der Waals surface area contributed by atoms with Gasteiger partial charge in [0, 0.05) is 16.9 Å². The van der Waals surface area contributed by atoms with Crippen LogP contribution in [0.3, 0.4) is 0 Å². The highest BCUT2D eigenvalue weighted by molar-refractivity contribution is 5.62. The van der Waals surface area contributed by atoms with Gasteiger partial charge in [0.1, 0.15) is 5.75 Å². The van der Waals surface area contributed by atoms with Crippen molar-refractivity contribution in [1.29, 1.82) is 0 Å². The van der Waals surface area contributed by atoms with Gasteiger partial charge in [-0.3, -0.25) is 4.84 Å². The number of hydrogen-bond acceptors (Lipinski definition) is 3. The minimum atomic E-state index is -4.38. The van der Waals surface area contributed by atoms with E-state index < -0.39 is 17.2 Å². The normalized spacial score (nSPS) is 23.5. The SMILES string of the molecule is CON1c2ccc(C(F)(F)F)cc2C(C)(C)C2COc3ccccc3C21. The summed E-state index contributed by atoms with van der Waals surface area (Å²) < 4.78 is 45.7. The first-order valence-corrected chi connectivity index (χ1v) is 8.52. The molecule has 2 aromatic rings. The van der Waals surface area contributed by atoms with E-state index in [-0.39, 0.29) is 12.0 Å². The second-order valence-electron chi connectivity index (χ2n) is 7.36. The molecular formula is C20H20F3NO2. The largest absolute Gasteiger partial charge is 0.493 e. The third kappa shape index (κ3) is 2.39. The minimum Gasteiger partial charge on any atom is -0.493 e. The second kappa shape index (κ2) is 5.64. The molecule has 2 aliphatic rings. The molecule has 0 fully saturated rings. The van der Waals surface area contributed by atoms with Crippen LogP contribution < -0.4 is 9.80 Å². The van der Waals surface area contributed by atoms with Crippen LogP contribution in [0.25, 0.3) is 0 Å². The summed E-state index contributed by atoms with van der Waals surface area (Å²) in [7, 11) is 1.55. The van der Waals surface area contributed by atoms with E-state index in [1.165, 1.54) is 12.1 Å². The van der Waals surface area contributed by atoms with Crippen molar-refractivity contribution in [2.75, 3.05) is 18.8 Å². The summed E-state index contributed by atoms with van der Waals surface area (Å²) in [6, 6.07) is 11.5. The Morgan fingerprint density at radius 2 is 1.88 bits per heavy atom. The number of hydroxylamine groups is 1. The van der Waals surface area contributed by atoms with E-state index in [0.717, 1.165) is 17.4 Å². The third-order valence-electron chi connectivity index (χ3n) is 5.67. The number of benzene rings is 2. The van der Waals surface area contributed by atoms with E-state index in [0.29, 0.717) is 17.9 Å². The lowest BCUT2D eigenvalue weighted by Gasteiger charge is -2.52. The van der Waals surface area contributed by atoms with Crippen LogP contribution in [-0.2, 0) is 16.4 Å². The highest BCUT2D eigenvalue weighted by atomic mass is 19.4. The number of rotatable bonds is 1. The average Bonchev–Trinajstić information content (AvgIpc) is 2.61. The van der Waals surface area contributed by atoms with Crippen molar-refractivity contribution in [3.05, 3.63) is 59.2 Å². The zero-order valence-corrected chi connectivity index (χ0v) is 14.8. The number of ether oxygens (including phenoxy) is 1. The molecule has 2 unspecified atom stereocenters. The van der Waals surface area contributed by atoms with Gasteiger partial charge in [0.05, 0.1) is 31.0 Å². The molecule has 0 bridgehead atoms. The van der Waals surface area contributed by atoms with Crippen LogP contribution in [-0.4, -0.2) is 13.7 Å². The Balaban J connectivity index is 1.92. The van der Waals surface area contributed by atoms with Crippen LogP contribution in [0, 0.1) is 5.92 Å². The topological polar surface area (TPSA) is 21.7 Å². The molecule has 2 aromatic carbocycles. The molecule has 0 aromatic heterocycles. The van der Waals surface area contributed by atoms with Crippen molar-refractivity contribution in [1.82, 2.24) is 0 Å². The molecule has 0 saturated carbocycles. The number of anilines is 1. The predicted octanol–water partition coefficient (Wildman–Crippen LogP) is 5.11. The predicted molar refractivity (Wildman–Crippen MR) is 92.1 cm³/mol. The molecule has 0 N–H and O–H groups in total. The molecule has 0 saturated heterocycles. The standard InChI is InChI=1S/C20H20F3NO2/c1-19(2)14-10-12(20(21,22)23)8-9-16(14)24(25-3)18-13-6-4-5-7-17(13)26-11-15(18)19/h4-10,15,18H,11H2,1-3H3. The Hall–Kier alpha value is -2.21. The molecule has 4 rings (SSSR count). The number of para-hydroxylation sites is 1. The van der Waals surface area contributed by atoms with E-state index in [1.54, 1.807) is 12.2 Å². The van der Waals surface area contributed by atoms with Crippen LogP contribution in [0.4, 0.5) is 18.9 Å². The quantitative estimate of drug-likeness (QED) is 0.702. The molecule has 0 spiro atoms. The van der Waals surface area contributed by atoms with Gasteiger partial charge in [-0.2, -0.15) is 13.2 Å². The Morgan fingerprint density at radius 3 is 2.58 bits per heavy atom. The number of hydrogen-bond donors (Lipinski definition) is 0. The van der Waals surface area contributed by atoms with Gasteiger partial charge in [-0.25, -0.2) is 5.06 Å². The zero-order valence-electron chi connectivity index (χ0n) is 14.8. The van der Waals surface area contributed by atoms with Gasteiger partial charge in [0.15, 0.2) is 0 Å². The smallest absolute Gasteiger partial charge is 0.416 e. The summed E-state index contributed by atoms with van der Waals surface area (Å²) in [6.07, 6.45) is -4.38. The van der Waals surface area contributed by atoms with Gasteiger partial charge in [0.2, 0.25) is 0 Å². The van der Waals surface area contributed by atoms with Crippen molar-refractivity contribution in [3.63, 3.8) is 0 Å². The summed E-state index contributed by atoms with van der Waals surface area (Å²) in [5.74, 6) is 0.746. The molecule has 0 radical (unpaired) electrons.